The van der Waals surface area contributed by atoms with E-state index in [0.717, 1.165) is 12.1 Å². The van der Waals surface area contributed by atoms with Crippen molar-refractivity contribution in [2.24, 2.45) is 5.73 Å². The molecule has 0 rings (SSSR count). The molecule has 5 heavy (non-hydrogen) atoms. The molecule has 2 N–H and O–H groups in total. The lowest BCUT2D eigenvalue weighted by Crippen LogP contribution is -1.89. The van der Waals surface area contributed by atoms with Crippen molar-refractivity contribution in [1.82, 2.24) is 0 Å². The number of hydrogen-bond donors (Lipinski definition) is 1. The van der Waals surface area contributed by atoms with Gasteiger partial charge in [0.1, 0.15) is 0 Å². The molecule has 0 amide bonds. The molecule has 0 aromatic carbocycles. The van der Waals surface area contributed by atoms with Crippen molar-refractivity contribution in [2.75, 3.05) is 0 Å². The minimum absolute atomic E-state index is 0.755. The van der Waals surface area contributed by atoms with Crippen molar-refractivity contribution in [2.45, 2.75) is 13.3 Å². The van der Waals surface area contributed by atoms with E-state index in [9.17, 15) is 0 Å². The summed E-state index contributed by atoms with van der Waals surface area (Å²) in [5.74, 6) is 0. The Labute approximate surface area is 32.5 Å². The average Bonchev–Trinajstić information content (AvgIpc) is 1.38. The molecule has 0 fully saturated rings. The summed E-state index contributed by atoms with van der Waals surface area (Å²) < 4.78 is 0. The SMILES string of the molecule is C=C(N)CC. The zero-order chi connectivity index (χ0) is 4.28. The molecule has 1 heteroatoms. The first-order valence-electron chi connectivity index (χ1n) is 1.70. The topological polar surface area (TPSA) is 26.0 Å². The molecule has 0 heterocycles. The van der Waals surface area contributed by atoms with Gasteiger partial charge in [-0.3, -0.25) is 0 Å². The minimum atomic E-state index is 0.755. The molecule has 0 aliphatic rings. The van der Waals surface area contributed by atoms with Crippen LogP contribution >= 0.6 is 0 Å². The van der Waals surface area contributed by atoms with Crippen LogP contribution < -0.4 is 5.73 Å². The highest BCUT2D eigenvalue weighted by atomic mass is 14.5. The molecule has 0 radical (unpaired) electrons. The number of rotatable bonds is 1. The van der Waals surface area contributed by atoms with Crippen LogP contribution in [-0.2, 0) is 0 Å². The second-order valence-electron chi connectivity index (χ2n) is 1.01. The van der Waals surface area contributed by atoms with E-state index in [1.54, 1.807) is 0 Å². The highest BCUT2D eigenvalue weighted by Gasteiger charge is 1.67. The van der Waals surface area contributed by atoms with Gasteiger partial charge in [-0.2, -0.15) is 0 Å². The second-order valence-corrected chi connectivity index (χ2v) is 1.01. The molecular formula is C4H9N. The Hall–Kier alpha value is -0.460. The Bertz CT molecular complexity index is 38.9. The van der Waals surface area contributed by atoms with Crippen molar-refractivity contribution in [1.29, 1.82) is 0 Å². The fraction of sp³-hybridized carbons (Fsp3) is 0.500. The first-order chi connectivity index (χ1) is 2.27. The Morgan fingerprint density at radius 1 is 2.00 bits per heavy atom. The predicted molar refractivity (Wildman–Crippen MR) is 23.6 cm³/mol. The number of allylic oxidation sites excluding steroid dienone is 1. The van der Waals surface area contributed by atoms with Gasteiger partial charge in [0, 0.05) is 5.70 Å². The molecule has 0 aliphatic carbocycles. The molecule has 0 aromatic rings. The first-order valence-corrected chi connectivity index (χ1v) is 1.70. The van der Waals surface area contributed by atoms with E-state index < -0.39 is 0 Å². The van der Waals surface area contributed by atoms with Gasteiger partial charge >= 0.3 is 0 Å². The predicted octanol–water partition coefficient (Wildman–Crippen LogP) is 0.869. The molecule has 0 spiro atoms. The van der Waals surface area contributed by atoms with Crippen molar-refractivity contribution in [3.63, 3.8) is 0 Å². The third-order valence-electron chi connectivity index (χ3n) is 0.454. The van der Waals surface area contributed by atoms with Gasteiger partial charge in [-0.05, 0) is 6.42 Å². The monoisotopic (exact) mass is 71.1 g/mol. The molecule has 0 aromatic heterocycles. The Morgan fingerprint density at radius 2 is 2.20 bits per heavy atom. The summed E-state index contributed by atoms with van der Waals surface area (Å²) in [4.78, 5) is 0. The zero-order valence-electron chi connectivity index (χ0n) is 3.49. The van der Waals surface area contributed by atoms with Gasteiger partial charge < -0.3 is 5.73 Å². The van der Waals surface area contributed by atoms with E-state index >= 15 is 0 Å². The van der Waals surface area contributed by atoms with Crippen LogP contribution in [0.25, 0.3) is 0 Å². The molecule has 0 saturated carbocycles. The molecular weight excluding hydrogens is 62.1 g/mol. The van der Waals surface area contributed by atoms with Gasteiger partial charge in [-0.15, -0.1) is 0 Å². The second kappa shape index (κ2) is 1.82. The standard InChI is InChI=1S/C4H9N/c1-3-4(2)5/h2-3,5H2,1H3. The van der Waals surface area contributed by atoms with Gasteiger partial charge in [-0.1, -0.05) is 13.5 Å². The summed E-state index contributed by atoms with van der Waals surface area (Å²) in [7, 11) is 0. The summed E-state index contributed by atoms with van der Waals surface area (Å²) in [6.45, 7) is 5.43. The quantitative estimate of drug-likeness (QED) is 0.487. The number of hydrogen-bond acceptors (Lipinski definition) is 1. The van der Waals surface area contributed by atoms with Crippen LogP contribution in [0.1, 0.15) is 13.3 Å². The molecule has 1 nitrogen and oxygen atoms in total. The molecule has 0 atom stereocenters. The Balaban J connectivity index is 2.85. The van der Waals surface area contributed by atoms with Crippen LogP contribution in [-0.4, -0.2) is 0 Å². The summed E-state index contributed by atoms with van der Waals surface area (Å²) in [5, 5.41) is 0. The van der Waals surface area contributed by atoms with Crippen molar-refractivity contribution in [3.05, 3.63) is 12.3 Å². The normalized spacial score (nSPS) is 7.40. The van der Waals surface area contributed by atoms with Crippen molar-refractivity contribution >= 4 is 0 Å². The lowest BCUT2D eigenvalue weighted by molar-refractivity contribution is 1.08. The van der Waals surface area contributed by atoms with Crippen molar-refractivity contribution in [3.8, 4) is 0 Å². The van der Waals surface area contributed by atoms with E-state index in [1.165, 1.54) is 0 Å². The summed E-state index contributed by atoms with van der Waals surface area (Å²) in [6, 6.07) is 0. The number of nitrogens with two attached hydrogens (primary N) is 1. The van der Waals surface area contributed by atoms with Crippen molar-refractivity contribution < 1.29 is 0 Å². The summed E-state index contributed by atoms with van der Waals surface area (Å²) >= 11 is 0. The maximum atomic E-state index is 5.10. The van der Waals surface area contributed by atoms with E-state index in [2.05, 4.69) is 6.58 Å². The van der Waals surface area contributed by atoms with Gasteiger partial charge in [0.15, 0.2) is 0 Å². The fourth-order valence-corrected chi connectivity index (χ4v) is 0. The van der Waals surface area contributed by atoms with Crippen LogP contribution in [0.4, 0.5) is 0 Å². The van der Waals surface area contributed by atoms with Gasteiger partial charge in [0.2, 0.25) is 0 Å². The molecule has 0 unspecified atom stereocenters. The molecule has 0 bridgehead atoms. The van der Waals surface area contributed by atoms with E-state index in [0.29, 0.717) is 0 Å². The third kappa shape index (κ3) is 3.54. The molecule has 30 valence electrons. The fourth-order valence-electron chi connectivity index (χ4n) is 0. The summed E-state index contributed by atoms with van der Waals surface area (Å²) in [5.41, 5.74) is 5.85. The van der Waals surface area contributed by atoms with Gasteiger partial charge in [0.25, 0.3) is 0 Å². The van der Waals surface area contributed by atoms with Crippen LogP contribution in [0.3, 0.4) is 0 Å². The van der Waals surface area contributed by atoms with E-state index in [1.807, 2.05) is 6.92 Å². The van der Waals surface area contributed by atoms with Crippen LogP contribution in [0.5, 0.6) is 0 Å². The highest BCUT2D eigenvalue weighted by Crippen LogP contribution is 1.79. The summed E-state index contributed by atoms with van der Waals surface area (Å²) in [6.07, 6.45) is 0.889. The Morgan fingerprint density at radius 3 is 2.20 bits per heavy atom. The smallest absolute Gasteiger partial charge is 0.000466 e. The first kappa shape index (κ1) is 4.54. The average molecular weight is 71.1 g/mol. The maximum Gasteiger partial charge on any atom is 0.000466 e. The van der Waals surface area contributed by atoms with Crippen LogP contribution in [0.15, 0.2) is 12.3 Å². The highest BCUT2D eigenvalue weighted by molar-refractivity contribution is 4.82. The van der Waals surface area contributed by atoms with E-state index in [-0.39, 0.29) is 0 Å². The largest absolute Gasteiger partial charge is 0.403 e. The maximum absolute atomic E-state index is 5.10. The lowest BCUT2D eigenvalue weighted by atomic mass is 10.4. The van der Waals surface area contributed by atoms with Crippen LogP contribution in [0, 0.1) is 0 Å². The zero-order valence-corrected chi connectivity index (χ0v) is 3.49. The molecule has 0 saturated heterocycles. The Kier molecular flexibility index (Phi) is 1.65. The molecule has 0 aliphatic heterocycles. The minimum Gasteiger partial charge on any atom is -0.403 e. The van der Waals surface area contributed by atoms with Gasteiger partial charge in [0.05, 0.1) is 0 Å². The lowest BCUT2D eigenvalue weighted by Gasteiger charge is -1.81. The van der Waals surface area contributed by atoms with Crippen LogP contribution in [0.2, 0.25) is 0 Å². The third-order valence-corrected chi connectivity index (χ3v) is 0.454. The van der Waals surface area contributed by atoms with Gasteiger partial charge in [-0.25, -0.2) is 0 Å². The van der Waals surface area contributed by atoms with E-state index in [4.69, 9.17) is 5.73 Å².